The molecule has 3 rings (SSSR count). The maximum absolute atomic E-state index is 12.6. The zero-order chi connectivity index (χ0) is 18.0. The van der Waals surface area contributed by atoms with Gasteiger partial charge in [-0.15, -0.1) is 0 Å². The van der Waals surface area contributed by atoms with E-state index >= 15 is 0 Å². The largest absolute Gasteiger partial charge is 0.427 e. The van der Waals surface area contributed by atoms with Gasteiger partial charge >= 0.3 is 5.63 Å². The molecule has 0 bridgehead atoms. The van der Waals surface area contributed by atoms with Crippen molar-refractivity contribution in [1.29, 1.82) is 0 Å². The standard InChI is InChI=1S/C19H22N2O4/c1-12-9-14(8-7-13-5-3-2-4-6-13)25-19(24)17(12)18(23)21-10-15(20)16(22)11-21/h2-6,9,15-16,22H,7-8,10-11,20H2,1H3/t15-,16-/m1/s1. The number of hydrogen-bond acceptors (Lipinski definition) is 5. The Hall–Kier alpha value is -2.44. The zero-order valence-corrected chi connectivity index (χ0v) is 14.1. The number of carbonyl (C=O) groups is 1. The first kappa shape index (κ1) is 17.4. The molecule has 1 aliphatic rings. The van der Waals surface area contributed by atoms with Crippen LogP contribution in [0, 0.1) is 6.92 Å². The third-order valence-electron chi connectivity index (χ3n) is 4.54. The van der Waals surface area contributed by atoms with Crippen molar-refractivity contribution >= 4 is 5.91 Å². The minimum atomic E-state index is -0.763. The van der Waals surface area contributed by atoms with Crippen molar-refractivity contribution in [2.45, 2.75) is 31.9 Å². The smallest absolute Gasteiger partial charge is 0.349 e. The number of nitrogens with two attached hydrogens (primary N) is 1. The highest BCUT2D eigenvalue weighted by atomic mass is 16.4. The molecule has 1 aromatic carbocycles. The van der Waals surface area contributed by atoms with Gasteiger partial charge < -0.3 is 20.2 Å². The first-order valence-corrected chi connectivity index (χ1v) is 8.36. The van der Waals surface area contributed by atoms with Crippen LogP contribution in [-0.4, -0.2) is 41.1 Å². The molecule has 1 aliphatic heterocycles. The molecule has 6 heteroatoms. The van der Waals surface area contributed by atoms with E-state index in [0.717, 1.165) is 12.0 Å². The molecule has 3 N–H and O–H groups in total. The number of benzene rings is 1. The lowest BCUT2D eigenvalue weighted by molar-refractivity contribution is 0.0759. The molecule has 0 aliphatic carbocycles. The fourth-order valence-corrected chi connectivity index (χ4v) is 3.10. The second kappa shape index (κ2) is 7.21. The molecule has 25 heavy (non-hydrogen) atoms. The summed E-state index contributed by atoms with van der Waals surface area (Å²) < 4.78 is 5.35. The van der Waals surface area contributed by atoms with Crippen LogP contribution >= 0.6 is 0 Å². The molecule has 2 heterocycles. The molecule has 0 spiro atoms. The van der Waals surface area contributed by atoms with E-state index in [1.165, 1.54) is 4.90 Å². The summed E-state index contributed by atoms with van der Waals surface area (Å²) in [6.45, 7) is 2.09. The quantitative estimate of drug-likeness (QED) is 0.860. The SMILES string of the molecule is Cc1cc(CCc2ccccc2)oc(=O)c1C(=O)N1C[C@@H](N)[C@H](O)C1. The Bertz CT molecular complexity index is 806. The fraction of sp³-hybridized carbons (Fsp3) is 0.368. The van der Waals surface area contributed by atoms with E-state index in [2.05, 4.69) is 0 Å². The molecular formula is C19H22N2O4. The van der Waals surface area contributed by atoms with Crippen LogP contribution in [0.5, 0.6) is 0 Å². The van der Waals surface area contributed by atoms with Gasteiger partial charge in [0.1, 0.15) is 11.3 Å². The summed E-state index contributed by atoms with van der Waals surface area (Å²) >= 11 is 0. The summed E-state index contributed by atoms with van der Waals surface area (Å²) in [6.07, 6.45) is 0.576. The van der Waals surface area contributed by atoms with Crippen molar-refractivity contribution in [3.05, 3.63) is 69.3 Å². The predicted octanol–water partition coefficient (Wildman–Crippen LogP) is 0.877. The topological polar surface area (TPSA) is 96.8 Å². The average molecular weight is 342 g/mol. The van der Waals surface area contributed by atoms with Gasteiger partial charge in [-0.05, 0) is 30.5 Å². The highest BCUT2D eigenvalue weighted by Crippen LogP contribution is 2.15. The molecule has 0 unspecified atom stereocenters. The van der Waals surface area contributed by atoms with Crippen molar-refractivity contribution in [1.82, 2.24) is 4.90 Å². The van der Waals surface area contributed by atoms with Crippen LogP contribution < -0.4 is 11.4 Å². The Balaban J connectivity index is 1.76. The lowest BCUT2D eigenvalue weighted by atomic mass is 10.1. The Morgan fingerprint density at radius 2 is 2.00 bits per heavy atom. The molecule has 1 fully saturated rings. The maximum Gasteiger partial charge on any atom is 0.349 e. The summed E-state index contributed by atoms with van der Waals surface area (Å²) in [5.74, 6) is 0.119. The van der Waals surface area contributed by atoms with Crippen LogP contribution in [0.3, 0.4) is 0 Å². The first-order chi connectivity index (χ1) is 12.0. The van der Waals surface area contributed by atoms with Crippen molar-refractivity contribution in [3.63, 3.8) is 0 Å². The van der Waals surface area contributed by atoms with E-state index in [9.17, 15) is 14.7 Å². The van der Waals surface area contributed by atoms with E-state index in [4.69, 9.17) is 10.2 Å². The Kier molecular flexibility index (Phi) is 5.01. The van der Waals surface area contributed by atoms with Gasteiger partial charge in [-0.25, -0.2) is 4.79 Å². The first-order valence-electron chi connectivity index (χ1n) is 8.36. The number of amides is 1. The molecular weight excluding hydrogens is 320 g/mol. The van der Waals surface area contributed by atoms with Crippen LogP contribution in [0.1, 0.15) is 27.2 Å². The van der Waals surface area contributed by atoms with E-state index in [1.807, 2.05) is 30.3 Å². The van der Waals surface area contributed by atoms with Gasteiger partial charge in [0.2, 0.25) is 0 Å². The minimum absolute atomic E-state index is 0.0183. The normalized spacial score (nSPS) is 20.0. The highest BCUT2D eigenvalue weighted by molar-refractivity contribution is 5.95. The molecule has 0 saturated carbocycles. The van der Waals surface area contributed by atoms with E-state index in [-0.39, 0.29) is 18.7 Å². The number of aryl methyl sites for hydroxylation is 3. The summed E-state index contributed by atoms with van der Waals surface area (Å²) in [6, 6.07) is 11.2. The molecule has 1 aromatic heterocycles. The monoisotopic (exact) mass is 342 g/mol. The van der Waals surface area contributed by atoms with Crippen molar-refractivity contribution in [2.24, 2.45) is 5.73 Å². The van der Waals surface area contributed by atoms with Crippen LogP contribution in [0.15, 0.2) is 45.6 Å². The molecule has 2 atom stereocenters. The summed E-state index contributed by atoms with van der Waals surface area (Å²) in [5, 5.41) is 9.70. The highest BCUT2D eigenvalue weighted by Gasteiger charge is 2.33. The number of aliphatic hydroxyl groups excluding tert-OH is 1. The lowest BCUT2D eigenvalue weighted by Crippen LogP contribution is -2.35. The Morgan fingerprint density at radius 3 is 2.60 bits per heavy atom. The zero-order valence-electron chi connectivity index (χ0n) is 14.1. The van der Waals surface area contributed by atoms with Crippen LogP contribution in [0.4, 0.5) is 0 Å². The number of β-amino-alcohol motifs (C(OH)–C–C–N with tert-alkyl or cyclic N) is 1. The summed E-state index contributed by atoms with van der Waals surface area (Å²) in [5.41, 5.74) is 6.85. The van der Waals surface area contributed by atoms with Gasteiger partial charge in [-0.3, -0.25) is 4.79 Å². The van der Waals surface area contributed by atoms with Gasteiger partial charge in [0.25, 0.3) is 5.91 Å². The number of likely N-dealkylation sites (tertiary alicyclic amines) is 1. The van der Waals surface area contributed by atoms with E-state index in [0.29, 0.717) is 17.7 Å². The summed E-state index contributed by atoms with van der Waals surface area (Å²) in [7, 11) is 0. The minimum Gasteiger partial charge on any atom is -0.427 e. The van der Waals surface area contributed by atoms with Gasteiger partial charge in [0.15, 0.2) is 0 Å². The lowest BCUT2D eigenvalue weighted by Gasteiger charge is -2.16. The van der Waals surface area contributed by atoms with E-state index in [1.54, 1.807) is 13.0 Å². The molecule has 0 radical (unpaired) electrons. The average Bonchev–Trinajstić information content (AvgIpc) is 2.92. The molecule has 1 amide bonds. The van der Waals surface area contributed by atoms with Gasteiger partial charge in [-0.2, -0.15) is 0 Å². The second-order valence-corrected chi connectivity index (χ2v) is 6.49. The second-order valence-electron chi connectivity index (χ2n) is 6.49. The summed E-state index contributed by atoms with van der Waals surface area (Å²) in [4.78, 5) is 26.3. The van der Waals surface area contributed by atoms with Crippen LogP contribution in [0.25, 0.3) is 0 Å². The predicted molar refractivity (Wildman–Crippen MR) is 93.5 cm³/mol. The van der Waals surface area contributed by atoms with Gasteiger partial charge in [0, 0.05) is 25.6 Å². The maximum atomic E-state index is 12.6. The van der Waals surface area contributed by atoms with E-state index < -0.39 is 23.7 Å². The Labute approximate surface area is 145 Å². The Morgan fingerprint density at radius 1 is 1.28 bits per heavy atom. The molecule has 132 valence electrons. The van der Waals surface area contributed by atoms with Crippen molar-refractivity contribution in [2.75, 3.05) is 13.1 Å². The number of rotatable bonds is 4. The van der Waals surface area contributed by atoms with Crippen molar-refractivity contribution < 1.29 is 14.3 Å². The third-order valence-corrected chi connectivity index (χ3v) is 4.54. The number of aliphatic hydroxyl groups is 1. The number of nitrogens with zero attached hydrogens (tertiary/aromatic N) is 1. The molecule has 2 aromatic rings. The van der Waals surface area contributed by atoms with Gasteiger partial charge in [0.05, 0.1) is 6.10 Å². The molecule has 1 saturated heterocycles. The molecule has 6 nitrogen and oxygen atoms in total. The number of hydrogen-bond donors (Lipinski definition) is 2. The van der Waals surface area contributed by atoms with Gasteiger partial charge in [-0.1, -0.05) is 30.3 Å². The van der Waals surface area contributed by atoms with Crippen LogP contribution in [-0.2, 0) is 12.8 Å². The number of carbonyl (C=O) groups excluding carboxylic acids is 1. The van der Waals surface area contributed by atoms with Crippen molar-refractivity contribution in [3.8, 4) is 0 Å². The van der Waals surface area contributed by atoms with Crippen LogP contribution in [0.2, 0.25) is 0 Å². The third kappa shape index (κ3) is 3.81. The fourth-order valence-electron chi connectivity index (χ4n) is 3.10.